The van der Waals surface area contributed by atoms with Crippen molar-refractivity contribution in [1.82, 2.24) is 4.90 Å². The predicted octanol–water partition coefficient (Wildman–Crippen LogP) is 3.70. The molecule has 0 aliphatic carbocycles. The molecule has 0 saturated heterocycles. The van der Waals surface area contributed by atoms with Gasteiger partial charge in [-0.2, -0.15) is 0 Å². The van der Waals surface area contributed by atoms with Gasteiger partial charge >= 0.3 is 0 Å². The monoisotopic (exact) mass is 243 g/mol. The molecule has 2 heteroatoms. The van der Waals surface area contributed by atoms with Crippen LogP contribution in [-0.2, 0) is 6.54 Å². The van der Waals surface area contributed by atoms with E-state index in [2.05, 4.69) is 74.1 Å². The third-order valence-corrected chi connectivity index (χ3v) is 3.10. The van der Waals surface area contributed by atoms with E-state index in [0.29, 0.717) is 0 Å². The van der Waals surface area contributed by atoms with E-state index < -0.39 is 0 Å². The van der Waals surface area contributed by atoms with E-state index in [4.69, 9.17) is 0 Å². The Morgan fingerprint density at radius 1 is 0.941 bits per heavy atom. The molecule has 0 heterocycles. The number of hydrogen-bond donors (Lipinski definition) is 1. The van der Waals surface area contributed by atoms with Gasteiger partial charge in [-0.1, -0.05) is 42.5 Å². The maximum Gasteiger partial charge on any atom is 0.0238 e. The molecule has 2 aromatic carbocycles. The van der Waals surface area contributed by atoms with Gasteiger partial charge in [-0.25, -0.2) is 0 Å². The molecule has 17 heavy (non-hydrogen) atoms. The zero-order chi connectivity index (χ0) is 12.3. The fraction of sp³-hybridized carbons (Fsp3) is 0.200. The highest BCUT2D eigenvalue weighted by Gasteiger charge is 2.03. The first kappa shape index (κ1) is 12.2. The molecule has 0 radical (unpaired) electrons. The molecule has 0 aliphatic heterocycles. The summed E-state index contributed by atoms with van der Waals surface area (Å²) in [6.45, 7) is 0.925. The van der Waals surface area contributed by atoms with Crippen molar-refractivity contribution in [2.24, 2.45) is 0 Å². The van der Waals surface area contributed by atoms with Crippen LogP contribution in [0.5, 0.6) is 0 Å². The second-order valence-corrected chi connectivity index (χ2v) is 4.93. The molecule has 88 valence electrons. The maximum absolute atomic E-state index is 4.57. The zero-order valence-corrected chi connectivity index (χ0v) is 11.1. The lowest BCUT2D eigenvalue weighted by Crippen LogP contribution is -2.11. The van der Waals surface area contributed by atoms with Gasteiger partial charge in [-0.05, 0) is 36.9 Å². The molecule has 0 bridgehead atoms. The van der Waals surface area contributed by atoms with Crippen molar-refractivity contribution in [3.8, 4) is 11.1 Å². The SMILES string of the molecule is CN(C)Cc1ccc(-c2ccccc2)cc1S. The lowest BCUT2D eigenvalue weighted by atomic mass is 10.0. The van der Waals surface area contributed by atoms with Crippen LogP contribution in [0.1, 0.15) is 5.56 Å². The van der Waals surface area contributed by atoms with E-state index in [-0.39, 0.29) is 0 Å². The summed E-state index contributed by atoms with van der Waals surface area (Å²) >= 11 is 4.57. The average Bonchev–Trinajstić information content (AvgIpc) is 2.32. The van der Waals surface area contributed by atoms with E-state index >= 15 is 0 Å². The highest BCUT2D eigenvalue weighted by molar-refractivity contribution is 7.80. The Balaban J connectivity index is 2.31. The molecule has 1 nitrogen and oxygen atoms in total. The van der Waals surface area contributed by atoms with Gasteiger partial charge in [0.05, 0.1) is 0 Å². The van der Waals surface area contributed by atoms with Crippen LogP contribution in [0.2, 0.25) is 0 Å². The lowest BCUT2D eigenvalue weighted by Gasteiger charge is -2.13. The van der Waals surface area contributed by atoms with Gasteiger partial charge in [-0.3, -0.25) is 0 Å². The molecule has 0 saturated carbocycles. The van der Waals surface area contributed by atoms with Crippen molar-refractivity contribution in [2.75, 3.05) is 14.1 Å². The number of thiol groups is 1. The number of hydrogen-bond acceptors (Lipinski definition) is 2. The van der Waals surface area contributed by atoms with Gasteiger partial charge in [0, 0.05) is 11.4 Å². The normalized spacial score (nSPS) is 10.8. The Labute approximate surface area is 108 Å². The van der Waals surface area contributed by atoms with E-state index in [9.17, 15) is 0 Å². The summed E-state index contributed by atoms with van der Waals surface area (Å²) in [7, 11) is 4.14. The Kier molecular flexibility index (Phi) is 3.87. The summed E-state index contributed by atoms with van der Waals surface area (Å²) in [5, 5.41) is 0. The first-order valence-electron chi connectivity index (χ1n) is 5.69. The molecule has 0 unspecified atom stereocenters. The molecular formula is C15H17NS. The van der Waals surface area contributed by atoms with Crippen LogP contribution in [0, 0.1) is 0 Å². The summed E-state index contributed by atoms with van der Waals surface area (Å²) in [6.07, 6.45) is 0. The molecule has 0 aromatic heterocycles. The first-order chi connectivity index (χ1) is 8.16. The minimum atomic E-state index is 0.925. The van der Waals surface area contributed by atoms with Gasteiger partial charge in [0.2, 0.25) is 0 Å². The van der Waals surface area contributed by atoms with E-state index in [0.717, 1.165) is 11.4 Å². The van der Waals surface area contributed by atoms with E-state index in [1.54, 1.807) is 0 Å². The molecule has 2 aromatic rings. The van der Waals surface area contributed by atoms with Gasteiger partial charge in [0.15, 0.2) is 0 Å². The topological polar surface area (TPSA) is 3.24 Å². The van der Waals surface area contributed by atoms with Crippen molar-refractivity contribution in [1.29, 1.82) is 0 Å². The number of benzene rings is 2. The Bertz CT molecular complexity index is 492. The molecule has 0 spiro atoms. The Morgan fingerprint density at radius 2 is 1.65 bits per heavy atom. The Hall–Kier alpha value is -1.25. The fourth-order valence-corrected chi connectivity index (χ4v) is 2.13. The van der Waals surface area contributed by atoms with Gasteiger partial charge in [0.25, 0.3) is 0 Å². The summed E-state index contributed by atoms with van der Waals surface area (Å²) in [5.74, 6) is 0. The smallest absolute Gasteiger partial charge is 0.0238 e. The number of rotatable bonds is 3. The third kappa shape index (κ3) is 3.11. The van der Waals surface area contributed by atoms with Crippen LogP contribution >= 0.6 is 12.6 Å². The summed E-state index contributed by atoms with van der Waals surface area (Å²) < 4.78 is 0. The third-order valence-electron chi connectivity index (χ3n) is 2.68. The van der Waals surface area contributed by atoms with E-state index in [1.165, 1.54) is 16.7 Å². The molecule has 0 aliphatic rings. The molecule has 0 amide bonds. The van der Waals surface area contributed by atoms with Gasteiger partial charge < -0.3 is 4.90 Å². The largest absolute Gasteiger partial charge is 0.305 e. The maximum atomic E-state index is 4.57. The van der Waals surface area contributed by atoms with Crippen molar-refractivity contribution in [3.05, 3.63) is 54.1 Å². The van der Waals surface area contributed by atoms with Crippen LogP contribution in [0.3, 0.4) is 0 Å². The van der Waals surface area contributed by atoms with Crippen molar-refractivity contribution in [2.45, 2.75) is 11.4 Å². The summed E-state index contributed by atoms with van der Waals surface area (Å²) in [6, 6.07) is 16.8. The predicted molar refractivity (Wildman–Crippen MR) is 76.5 cm³/mol. The van der Waals surface area contributed by atoms with Gasteiger partial charge in [0.1, 0.15) is 0 Å². The summed E-state index contributed by atoms with van der Waals surface area (Å²) in [5.41, 5.74) is 3.72. The number of nitrogens with zero attached hydrogens (tertiary/aromatic N) is 1. The first-order valence-corrected chi connectivity index (χ1v) is 6.13. The minimum absolute atomic E-state index is 0.925. The second kappa shape index (κ2) is 5.39. The van der Waals surface area contributed by atoms with Gasteiger partial charge in [-0.15, -0.1) is 12.6 Å². The van der Waals surface area contributed by atoms with E-state index in [1.807, 2.05) is 6.07 Å². The second-order valence-electron chi connectivity index (χ2n) is 4.45. The molecule has 2 rings (SSSR count). The van der Waals surface area contributed by atoms with Crippen LogP contribution in [-0.4, -0.2) is 19.0 Å². The van der Waals surface area contributed by atoms with Crippen molar-refractivity contribution >= 4 is 12.6 Å². The van der Waals surface area contributed by atoms with Crippen LogP contribution in [0.4, 0.5) is 0 Å². The fourth-order valence-electron chi connectivity index (χ4n) is 1.85. The van der Waals surface area contributed by atoms with Crippen molar-refractivity contribution < 1.29 is 0 Å². The highest BCUT2D eigenvalue weighted by atomic mass is 32.1. The zero-order valence-electron chi connectivity index (χ0n) is 10.2. The van der Waals surface area contributed by atoms with Crippen LogP contribution in [0.15, 0.2) is 53.4 Å². The average molecular weight is 243 g/mol. The molecular weight excluding hydrogens is 226 g/mol. The summed E-state index contributed by atoms with van der Waals surface area (Å²) in [4.78, 5) is 3.21. The van der Waals surface area contributed by atoms with Crippen LogP contribution in [0.25, 0.3) is 11.1 Å². The minimum Gasteiger partial charge on any atom is -0.305 e. The highest BCUT2D eigenvalue weighted by Crippen LogP contribution is 2.24. The van der Waals surface area contributed by atoms with Crippen molar-refractivity contribution in [3.63, 3.8) is 0 Å². The molecule has 0 fully saturated rings. The standard InChI is InChI=1S/C15H17NS/c1-16(2)11-14-9-8-13(10-15(14)17)12-6-4-3-5-7-12/h3-10,17H,11H2,1-2H3. The molecule has 0 atom stereocenters. The van der Waals surface area contributed by atoms with Crippen LogP contribution < -0.4 is 0 Å². The quantitative estimate of drug-likeness (QED) is 0.804. The Morgan fingerprint density at radius 3 is 2.24 bits per heavy atom. The lowest BCUT2D eigenvalue weighted by molar-refractivity contribution is 0.399. The molecule has 0 N–H and O–H groups in total.